The van der Waals surface area contributed by atoms with Crippen LogP contribution in [-0.2, 0) is 30.6 Å². The maximum atomic E-state index is 13.2. The average molecular weight is 1230 g/mol. The zero-order chi connectivity index (χ0) is 63.7. The molecule has 0 aliphatic carbocycles. The maximum Gasteiger partial charge on any atom is 0.365 e. The topological polar surface area (TPSA) is 202 Å². The van der Waals surface area contributed by atoms with Crippen molar-refractivity contribution in [1.29, 1.82) is 0 Å². The van der Waals surface area contributed by atoms with E-state index in [0.717, 1.165) is 84.7 Å². The van der Waals surface area contributed by atoms with E-state index in [0.29, 0.717) is 45.7 Å². The number of hydrogen-bond donors (Lipinski definition) is 1. The highest BCUT2D eigenvalue weighted by Crippen LogP contribution is 2.33. The van der Waals surface area contributed by atoms with Crippen molar-refractivity contribution in [2.45, 2.75) is 107 Å². The number of fused-ring (bicyclic) bond motifs is 3. The first kappa shape index (κ1) is 67.0. The fraction of sp³-hybridized carbons (Fsp3) is 0.208. The van der Waals surface area contributed by atoms with Crippen LogP contribution in [0.5, 0.6) is 5.75 Å². The third kappa shape index (κ3) is 19.7. The first-order valence-corrected chi connectivity index (χ1v) is 30.7. The zero-order valence-corrected chi connectivity index (χ0v) is 52.4. The Labute approximate surface area is 526 Å². The zero-order valence-electron chi connectivity index (χ0n) is 50.8. The molecule has 1 N–H and O–H groups in total. The van der Waals surface area contributed by atoms with Crippen molar-refractivity contribution in [1.82, 2.24) is 4.57 Å². The number of benzene rings is 8. The number of aliphatic hydroxyl groups is 1. The molecular weight excluding hydrogens is 1160 g/mol. The van der Waals surface area contributed by atoms with Crippen molar-refractivity contribution in [2.75, 3.05) is 13.2 Å². The molecule has 15 nitrogen and oxygen atoms in total. The molecule has 0 aliphatic heterocycles. The number of carbonyl (C=O) groups is 6. The lowest BCUT2D eigenvalue weighted by Crippen LogP contribution is -2.16. The summed E-state index contributed by atoms with van der Waals surface area (Å²) in [5.41, 5.74) is 7.75. The smallest absolute Gasteiger partial charge is 0.365 e. The normalized spacial score (nSPS) is 11.4. The van der Waals surface area contributed by atoms with E-state index >= 15 is 0 Å². The van der Waals surface area contributed by atoms with Gasteiger partial charge in [0.2, 0.25) is 11.6 Å². The third-order valence-corrected chi connectivity index (χ3v) is 15.6. The summed E-state index contributed by atoms with van der Waals surface area (Å²) in [5.74, 6) is -1.39. The van der Waals surface area contributed by atoms with Gasteiger partial charge < -0.3 is 28.9 Å². The van der Waals surface area contributed by atoms with Gasteiger partial charge in [0.25, 0.3) is 0 Å². The molecule has 0 saturated heterocycles. The fourth-order valence-electron chi connectivity index (χ4n) is 9.05. The van der Waals surface area contributed by atoms with E-state index in [-0.39, 0.29) is 42.0 Å². The molecule has 0 atom stereocenters. The van der Waals surface area contributed by atoms with Crippen LogP contribution in [0.1, 0.15) is 132 Å². The van der Waals surface area contributed by atoms with Gasteiger partial charge >= 0.3 is 17.9 Å². The third-order valence-electron chi connectivity index (χ3n) is 13.6. The average Bonchev–Trinajstić information content (AvgIpc) is 1.75. The van der Waals surface area contributed by atoms with Crippen LogP contribution in [0.4, 0.5) is 0 Å². The van der Waals surface area contributed by atoms with E-state index in [1.807, 2.05) is 153 Å². The van der Waals surface area contributed by atoms with Gasteiger partial charge in [-0.1, -0.05) is 132 Å². The lowest BCUT2D eigenvalue weighted by molar-refractivity contribution is -0.141. The summed E-state index contributed by atoms with van der Waals surface area (Å²) in [5, 5.41) is 22.2. The second kappa shape index (κ2) is 34.1. The van der Waals surface area contributed by atoms with Gasteiger partial charge in [-0.25, -0.2) is 14.4 Å². The number of unbranched alkanes of at least 4 members (excludes halogenated alkanes) is 3. The SMILES string of the molecule is CC(=O)O/N=C(\C)C(=O)c1ccc(Sc2ccc(OCCO)cc2)cc1.CCCCCC/C(=N\OC(=O)c1ccccc1)C(=O)c1ccc(Sc2ccccc2)cc1.CCn1c2ccc(C(=O)c3ccccc3C)cc2c2cc(/C(C)=N/OC(C)=O)ccc21. The highest BCUT2D eigenvalue weighted by molar-refractivity contribution is 7.99. The molecule has 8 aromatic carbocycles. The Morgan fingerprint density at radius 3 is 1.56 bits per heavy atom. The molecule has 0 radical (unpaired) electrons. The summed E-state index contributed by atoms with van der Waals surface area (Å²) < 4.78 is 7.55. The van der Waals surface area contributed by atoms with E-state index < -0.39 is 17.9 Å². The predicted molar refractivity (Wildman–Crippen MR) is 352 cm³/mol. The van der Waals surface area contributed by atoms with E-state index in [1.165, 1.54) is 20.8 Å². The van der Waals surface area contributed by atoms with Gasteiger partial charge in [0.1, 0.15) is 23.8 Å². The number of ketones is 3. The number of carbonyl (C=O) groups excluding carboxylic acids is 6. The van der Waals surface area contributed by atoms with Gasteiger partial charge in [-0.05, 0) is 179 Å². The van der Waals surface area contributed by atoms with Crippen LogP contribution in [0.25, 0.3) is 21.8 Å². The summed E-state index contributed by atoms with van der Waals surface area (Å²) in [6, 6.07) is 60.4. The molecule has 456 valence electrons. The molecule has 0 aliphatic rings. The second-order valence-corrected chi connectivity index (χ2v) is 22.5. The summed E-state index contributed by atoms with van der Waals surface area (Å²) >= 11 is 3.18. The first-order chi connectivity index (χ1) is 43.1. The number of oxime groups is 3. The minimum absolute atomic E-state index is 0.0150. The largest absolute Gasteiger partial charge is 0.491 e. The maximum absolute atomic E-state index is 13.2. The summed E-state index contributed by atoms with van der Waals surface area (Å²) in [6.45, 7) is 13.1. The molecule has 9 rings (SSSR count). The number of aliphatic hydroxyl groups excluding tert-OH is 1. The van der Waals surface area contributed by atoms with Crippen molar-refractivity contribution in [3.05, 3.63) is 233 Å². The van der Waals surface area contributed by atoms with E-state index in [1.54, 1.807) is 79.0 Å². The molecule has 0 unspecified atom stereocenters. The lowest BCUT2D eigenvalue weighted by atomic mass is 9.97. The Balaban J connectivity index is 0.000000191. The minimum atomic E-state index is -0.573. The van der Waals surface area contributed by atoms with Gasteiger partial charge in [-0.2, -0.15) is 0 Å². The molecule has 0 bridgehead atoms. The molecule has 0 spiro atoms. The number of hydrogen-bond acceptors (Lipinski definition) is 16. The van der Waals surface area contributed by atoms with E-state index in [2.05, 4.69) is 38.7 Å². The number of Topliss-reactive ketones (excluding diaryl/α,β-unsaturated/α-hetero) is 2. The highest BCUT2D eigenvalue weighted by Gasteiger charge is 2.19. The predicted octanol–water partition coefficient (Wildman–Crippen LogP) is 16.2. The number of ether oxygens (including phenoxy) is 1. The van der Waals surface area contributed by atoms with Crippen LogP contribution in [-0.4, -0.2) is 75.3 Å². The summed E-state index contributed by atoms with van der Waals surface area (Å²) in [7, 11) is 0. The van der Waals surface area contributed by atoms with Crippen molar-refractivity contribution >= 4 is 97.7 Å². The first-order valence-electron chi connectivity index (χ1n) is 29.1. The highest BCUT2D eigenvalue weighted by atomic mass is 32.2. The fourth-order valence-corrected chi connectivity index (χ4v) is 10.7. The van der Waals surface area contributed by atoms with Gasteiger partial charge in [0.15, 0.2) is 5.78 Å². The quantitative estimate of drug-likeness (QED) is 0.0197. The number of rotatable bonds is 24. The molecular formula is C72H70N4O11S2. The van der Waals surface area contributed by atoms with Crippen LogP contribution in [0, 0.1) is 6.92 Å². The molecule has 0 saturated carbocycles. The molecule has 1 aromatic heterocycles. The Kier molecular flexibility index (Phi) is 25.7. The van der Waals surface area contributed by atoms with E-state index in [4.69, 9.17) is 19.5 Å². The molecule has 9 aromatic rings. The summed E-state index contributed by atoms with van der Waals surface area (Å²) in [4.78, 5) is 91.1. The number of nitrogens with zero attached hydrogens (tertiary/aromatic N) is 4. The van der Waals surface area contributed by atoms with Gasteiger partial charge in [0.05, 0.1) is 17.9 Å². The van der Waals surface area contributed by atoms with Gasteiger partial charge in [0, 0.05) is 84.0 Å². The van der Waals surface area contributed by atoms with Crippen LogP contribution in [0.2, 0.25) is 0 Å². The van der Waals surface area contributed by atoms with Crippen LogP contribution in [0.3, 0.4) is 0 Å². The Bertz CT molecular complexity index is 3990. The molecule has 17 heteroatoms. The lowest BCUT2D eigenvalue weighted by Gasteiger charge is -2.07. The summed E-state index contributed by atoms with van der Waals surface area (Å²) in [6.07, 6.45) is 4.49. The Hall–Kier alpha value is -9.55. The second-order valence-electron chi connectivity index (χ2n) is 20.2. The minimum Gasteiger partial charge on any atom is -0.491 e. The monoisotopic (exact) mass is 1230 g/mol. The van der Waals surface area contributed by atoms with Gasteiger partial charge in [-0.3, -0.25) is 14.4 Å². The molecule has 89 heavy (non-hydrogen) atoms. The van der Waals surface area contributed by atoms with Gasteiger partial charge in [-0.15, -0.1) is 0 Å². The molecule has 1 heterocycles. The van der Waals surface area contributed by atoms with Crippen LogP contribution < -0.4 is 4.74 Å². The standard InChI is InChI=1S/C27H27NO3S.C26H24N2O3.C19H19NO5S/c1-2-3-4-11-16-25(28-31-27(30)22-12-7-5-8-13-22)26(29)21-17-19-24(20-18-21)32-23-14-9-6-10-15-23;1-5-28-24-12-10-19(17(3)27-31-18(4)29)14-22(24)23-15-20(11-13-25(23)28)26(30)21-9-7-6-8-16(21)2;1-13(20-25-14(2)22)19(23)15-3-7-17(8-4-15)26-18-9-5-16(6-10-18)24-12-11-21/h5-10,12-15,17-20H,2-4,11,16H2,1H3;6-15H,5H2,1-4H3;3-10,21H,11-12H2,1-2H3/b28-25+;27-17+;20-13+. The molecule has 0 amide bonds. The number of aryl methyl sites for hydroxylation is 2. The van der Waals surface area contributed by atoms with Crippen LogP contribution in [0.15, 0.2) is 229 Å². The number of aromatic nitrogens is 1. The van der Waals surface area contributed by atoms with E-state index in [9.17, 15) is 28.8 Å². The Morgan fingerprint density at radius 1 is 0.494 bits per heavy atom. The van der Waals surface area contributed by atoms with Crippen molar-refractivity contribution < 1.29 is 53.1 Å². The van der Waals surface area contributed by atoms with Crippen molar-refractivity contribution in [2.24, 2.45) is 15.5 Å². The van der Waals surface area contributed by atoms with Crippen molar-refractivity contribution in [3.8, 4) is 5.75 Å². The van der Waals surface area contributed by atoms with Crippen LogP contribution >= 0.6 is 23.5 Å². The Morgan fingerprint density at radius 2 is 1.00 bits per heavy atom. The van der Waals surface area contributed by atoms with Crippen molar-refractivity contribution in [3.63, 3.8) is 0 Å². The molecule has 0 fully saturated rings.